The minimum Gasteiger partial charge on any atom is -0.465 e. The van der Waals surface area contributed by atoms with Crippen molar-refractivity contribution < 1.29 is 4.74 Å². The zero-order chi connectivity index (χ0) is 11.1. The fraction of sp³-hybridized carbons (Fsp3) is 0.0714. The first-order chi connectivity index (χ1) is 7.95. The van der Waals surface area contributed by atoms with Crippen molar-refractivity contribution in [1.82, 2.24) is 4.98 Å². The lowest BCUT2D eigenvalue weighted by Gasteiger charge is -1.98. The van der Waals surface area contributed by atoms with E-state index in [9.17, 15) is 0 Å². The largest absolute Gasteiger partial charge is 0.465 e. The fourth-order valence-electron chi connectivity index (χ4n) is 1.31. The second-order valence-electron chi connectivity index (χ2n) is 3.33. The van der Waals surface area contributed by atoms with Crippen LogP contribution in [0.5, 0.6) is 5.75 Å². The lowest BCUT2D eigenvalue weighted by atomic mass is 10.3. The predicted molar refractivity (Wildman–Crippen MR) is 64.2 cm³/mol. The van der Waals surface area contributed by atoms with Gasteiger partial charge in [0.25, 0.3) is 0 Å². The topological polar surface area (TPSA) is 22.1 Å². The average molecular weight is 211 g/mol. The highest BCUT2D eigenvalue weighted by atomic mass is 16.5. The van der Waals surface area contributed by atoms with Crippen LogP contribution in [0.3, 0.4) is 0 Å². The van der Waals surface area contributed by atoms with Crippen molar-refractivity contribution in [3.63, 3.8) is 0 Å². The third-order valence-electron chi connectivity index (χ3n) is 2.10. The molecule has 0 aliphatic carbocycles. The van der Waals surface area contributed by atoms with Crippen molar-refractivity contribution in [2.24, 2.45) is 0 Å². The number of pyridine rings is 1. The van der Waals surface area contributed by atoms with Crippen LogP contribution < -0.4 is 4.74 Å². The van der Waals surface area contributed by atoms with Crippen LogP contribution in [0.1, 0.15) is 5.69 Å². The molecule has 0 aliphatic rings. The minimum atomic E-state index is 0.785. The number of allylic oxidation sites excluding steroid dienone is 1. The van der Waals surface area contributed by atoms with Gasteiger partial charge in [-0.3, -0.25) is 4.98 Å². The van der Waals surface area contributed by atoms with Crippen LogP contribution in [0.4, 0.5) is 0 Å². The normalized spacial score (nSPS) is 10.5. The number of aromatic nitrogens is 1. The Morgan fingerprint density at radius 2 is 1.81 bits per heavy atom. The molecule has 2 rings (SSSR count). The van der Waals surface area contributed by atoms with Gasteiger partial charge in [-0.1, -0.05) is 24.3 Å². The van der Waals surface area contributed by atoms with Gasteiger partial charge in [-0.05, 0) is 30.3 Å². The van der Waals surface area contributed by atoms with Crippen molar-refractivity contribution in [2.75, 3.05) is 0 Å². The van der Waals surface area contributed by atoms with Crippen molar-refractivity contribution in [2.45, 2.75) is 6.42 Å². The first-order valence-electron chi connectivity index (χ1n) is 5.22. The van der Waals surface area contributed by atoms with Crippen LogP contribution in [-0.4, -0.2) is 4.98 Å². The van der Waals surface area contributed by atoms with E-state index in [-0.39, 0.29) is 0 Å². The quantitative estimate of drug-likeness (QED) is 0.724. The van der Waals surface area contributed by atoms with E-state index in [1.807, 2.05) is 54.6 Å². The van der Waals surface area contributed by atoms with E-state index in [2.05, 4.69) is 4.98 Å². The molecule has 1 aromatic heterocycles. The Hall–Kier alpha value is -2.09. The van der Waals surface area contributed by atoms with Gasteiger partial charge in [0.15, 0.2) is 0 Å². The molecule has 0 atom stereocenters. The van der Waals surface area contributed by atoms with Gasteiger partial charge in [-0.15, -0.1) is 0 Å². The number of rotatable bonds is 4. The van der Waals surface area contributed by atoms with Crippen LogP contribution in [-0.2, 0) is 6.42 Å². The lowest BCUT2D eigenvalue weighted by Crippen LogP contribution is -1.86. The Balaban J connectivity index is 1.83. The Labute approximate surface area is 95.2 Å². The zero-order valence-corrected chi connectivity index (χ0v) is 8.91. The number of hydrogen-bond acceptors (Lipinski definition) is 2. The summed E-state index contributed by atoms with van der Waals surface area (Å²) in [6.07, 6.45) is 6.23. The molecule has 0 saturated heterocycles. The molecule has 2 heteroatoms. The van der Waals surface area contributed by atoms with Gasteiger partial charge in [0.05, 0.1) is 6.26 Å². The lowest BCUT2D eigenvalue weighted by molar-refractivity contribution is 0.479. The van der Waals surface area contributed by atoms with Crippen molar-refractivity contribution in [3.8, 4) is 5.75 Å². The molecule has 2 aromatic rings. The van der Waals surface area contributed by atoms with Crippen LogP contribution in [0.2, 0.25) is 0 Å². The number of ether oxygens (including phenoxy) is 1. The molecule has 2 nitrogen and oxygen atoms in total. The standard InChI is InChI=1S/C14H13NO/c1-2-9-14(10-3-1)16-12-6-8-13-7-4-5-11-15-13/h1-7,9-12H,8H2. The van der Waals surface area contributed by atoms with Gasteiger partial charge in [0.2, 0.25) is 0 Å². The van der Waals surface area contributed by atoms with E-state index in [1.165, 1.54) is 0 Å². The van der Waals surface area contributed by atoms with Gasteiger partial charge < -0.3 is 4.74 Å². The summed E-state index contributed by atoms with van der Waals surface area (Å²) in [5.74, 6) is 0.847. The Kier molecular flexibility index (Phi) is 3.72. The summed E-state index contributed by atoms with van der Waals surface area (Å²) < 4.78 is 5.42. The van der Waals surface area contributed by atoms with Gasteiger partial charge in [0, 0.05) is 18.3 Å². The highest BCUT2D eigenvalue weighted by Gasteiger charge is 1.88. The molecule has 0 radical (unpaired) electrons. The molecule has 1 aromatic carbocycles. The van der Waals surface area contributed by atoms with Crippen molar-refractivity contribution in [3.05, 3.63) is 72.8 Å². The third-order valence-corrected chi connectivity index (χ3v) is 2.10. The van der Waals surface area contributed by atoms with Crippen LogP contribution in [0.15, 0.2) is 67.1 Å². The third kappa shape index (κ3) is 3.24. The molecule has 0 fully saturated rings. The maximum absolute atomic E-state index is 5.42. The molecule has 0 amide bonds. The average Bonchev–Trinajstić information content (AvgIpc) is 2.37. The highest BCUT2D eigenvalue weighted by molar-refractivity contribution is 5.22. The Bertz CT molecular complexity index is 393. The summed E-state index contributed by atoms with van der Waals surface area (Å²) in [4.78, 5) is 4.22. The number of nitrogens with zero attached hydrogens (tertiary/aromatic N) is 1. The molecule has 80 valence electrons. The summed E-state index contributed by atoms with van der Waals surface area (Å²) in [6.45, 7) is 0. The van der Waals surface area contributed by atoms with E-state index in [0.29, 0.717) is 0 Å². The Morgan fingerprint density at radius 1 is 1.00 bits per heavy atom. The molecule has 0 spiro atoms. The van der Waals surface area contributed by atoms with E-state index in [4.69, 9.17) is 4.74 Å². The monoisotopic (exact) mass is 211 g/mol. The van der Waals surface area contributed by atoms with Gasteiger partial charge in [-0.2, -0.15) is 0 Å². The number of para-hydroxylation sites is 1. The van der Waals surface area contributed by atoms with Crippen LogP contribution in [0, 0.1) is 0 Å². The smallest absolute Gasteiger partial charge is 0.126 e. The molecule has 0 bridgehead atoms. The Morgan fingerprint density at radius 3 is 2.56 bits per heavy atom. The first kappa shape index (κ1) is 10.4. The molecule has 0 N–H and O–H groups in total. The van der Waals surface area contributed by atoms with E-state index in [0.717, 1.165) is 17.9 Å². The predicted octanol–water partition coefficient (Wildman–Crippen LogP) is 3.22. The van der Waals surface area contributed by atoms with Crippen LogP contribution in [0.25, 0.3) is 0 Å². The summed E-state index contributed by atoms with van der Waals surface area (Å²) in [7, 11) is 0. The molecular formula is C14H13NO. The second-order valence-corrected chi connectivity index (χ2v) is 3.33. The van der Waals surface area contributed by atoms with E-state index >= 15 is 0 Å². The van der Waals surface area contributed by atoms with Crippen molar-refractivity contribution >= 4 is 0 Å². The molecule has 0 saturated carbocycles. The first-order valence-corrected chi connectivity index (χ1v) is 5.22. The second kappa shape index (κ2) is 5.71. The van der Waals surface area contributed by atoms with Gasteiger partial charge >= 0.3 is 0 Å². The summed E-state index contributed by atoms with van der Waals surface area (Å²) in [6, 6.07) is 15.6. The summed E-state index contributed by atoms with van der Waals surface area (Å²) in [5, 5.41) is 0. The summed E-state index contributed by atoms with van der Waals surface area (Å²) >= 11 is 0. The number of benzene rings is 1. The van der Waals surface area contributed by atoms with Gasteiger partial charge in [0.1, 0.15) is 5.75 Å². The van der Waals surface area contributed by atoms with Crippen LogP contribution >= 0.6 is 0 Å². The maximum atomic E-state index is 5.42. The van der Waals surface area contributed by atoms with E-state index < -0.39 is 0 Å². The number of hydrogen-bond donors (Lipinski definition) is 0. The molecule has 1 heterocycles. The SMILES string of the molecule is C(=COc1ccccc1)Cc1ccccn1. The molecule has 0 aliphatic heterocycles. The zero-order valence-electron chi connectivity index (χ0n) is 8.91. The van der Waals surface area contributed by atoms with E-state index in [1.54, 1.807) is 12.5 Å². The van der Waals surface area contributed by atoms with Gasteiger partial charge in [-0.25, -0.2) is 0 Å². The minimum absolute atomic E-state index is 0.785. The highest BCUT2D eigenvalue weighted by Crippen LogP contribution is 2.08. The molecular weight excluding hydrogens is 198 g/mol. The molecule has 0 unspecified atom stereocenters. The fourth-order valence-corrected chi connectivity index (χ4v) is 1.31. The molecule has 16 heavy (non-hydrogen) atoms. The summed E-state index contributed by atoms with van der Waals surface area (Å²) in [5.41, 5.74) is 1.04. The van der Waals surface area contributed by atoms with Crippen molar-refractivity contribution in [1.29, 1.82) is 0 Å². The maximum Gasteiger partial charge on any atom is 0.126 e.